The molecule has 21 heavy (non-hydrogen) atoms. The quantitative estimate of drug-likeness (QED) is 0.802. The SMILES string of the molecule is COCCc1noc(CNC(=O)N(C)[C@H]2CCN(C)C2)n1. The number of rotatable bonds is 6. The van der Waals surface area contributed by atoms with Crippen molar-refractivity contribution in [2.24, 2.45) is 0 Å². The second kappa shape index (κ2) is 7.37. The molecule has 1 aliphatic rings. The minimum absolute atomic E-state index is 0.119. The number of likely N-dealkylation sites (tertiary alicyclic amines) is 1. The predicted octanol–water partition coefficient (Wildman–Crippen LogP) is 0.104. The van der Waals surface area contributed by atoms with E-state index in [1.54, 1.807) is 12.0 Å². The minimum atomic E-state index is -0.119. The molecule has 0 aromatic carbocycles. The van der Waals surface area contributed by atoms with Crippen LogP contribution in [0.4, 0.5) is 4.79 Å². The fourth-order valence-electron chi connectivity index (χ4n) is 2.33. The van der Waals surface area contributed by atoms with Crippen molar-refractivity contribution in [3.8, 4) is 0 Å². The highest BCUT2D eigenvalue weighted by Crippen LogP contribution is 2.12. The van der Waals surface area contributed by atoms with E-state index in [-0.39, 0.29) is 18.6 Å². The average Bonchev–Trinajstić information content (AvgIpc) is 3.10. The zero-order valence-electron chi connectivity index (χ0n) is 12.8. The first-order chi connectivity index (χ1) is 10.1. The van der Waals surface area contributed by atoms with Crippen LogP contribution in [0.1, 0.15) is 18.1 Å². The van der Waals surface area contributed by atoms with E-state index < -0.39 is 0 Å². The molecule has 1 aliphatic heterocycles. The van der Waals surface area contributed by atoms with E-state index in [1.165, 1.54) is 0 Å². The molecular formula is C13H23N5O3. The number of aromatic nitrogens is 2. The van der Waals surface area contributed by atoms with E-state index in [1.807, 2.05) is 7.05 Å². The summed E-state index contributed by atoms with van der Waals surface area (Å²) in [5.74, 6) is 0.998. The number of hydrogen-bond acceptors (Lipinski definition) is 6. The summed E-state index contributed by atoms with van der Waals surface area (Å²) in [6, 6.07) is 0.141. The summed E-state index contributed by atoms with van der Waals surface area (Å²) in [5, 5.41) is 6.63. The first kappa shape index (κ1) is 15.7. The van der Waals surface area contributed by atoms with Crippen LogP contribution in [-0.4, -0.2) is 72.9 Å². The van der Waals surface area contributed by atoms with Gasteiger partial charge in [0, 0.05) is 33.2 Å². The smallest absolute Gasteiger partial charge is 0.317 e. The molecule has 0 aliphatic carbocycles. The summed E-state index contributed by atoms with van der Waals surface area (Å²) in [7, 11) is 5.50. The van der Waals surface area contributed by atoms with E-state index >= 15 is 0 Å². The monoisotopic (exact) mass is 297 g/mol. The minimum Gasteiger partial charge on any atom is -0.384 e. The molecule has 2 amide bonds. The number of nitrogens with one attached hydrogen (secondary N) is 1. The Morgan fingerprint density at radius 3 is 3.10 bits per heavy atom. The van der Waals surface area contributed by atoms with E-state index in [4.69, 9.17) is 9.26 Å². The Balaban J connectivity index is 1.76. The summed E-state index contributed by atoms with van der Waals surface area (Å²) < 4.78 is 10.0. The Labute approximate surface area is 124 Å². The molecule has 1 fully saturated rings. The average molecular weight is 297 g/mol. The van der Waals surface area contributed by atoms with Gasteiger partial charge >= 0.3 is 6.03 Å². The standard InChI is InChI=1S/C13H23N5O3/c1-17-6-4-10(9-17)18(2)13(19)14-8-12-15-11(16-21-12)5-7-20-3/h10H,4-9H2,1-3H3,(H,14,19)/t10-/m0/s1. The summed E-state index contributed by atoms with van der Waals surface area (Å²) in [4.78, 5) is 20.2. The van der Waals surface area contributed by atoms with Crippen molar-refractivity contribution in [1.82, 2.24) is 25.3 Å². The second-order valence-corrected chi connectivity index (χ2v) is 5.32. The van der Waals surface area contributed by atoms with Crippen molar-refractivity contribution in [2.45, 2.75) is 25.4 Å². The van der Waals surface area contributed by atoms with E-state index in [0.717, 1.165) is 19.5 Å². The lowest BCUT2D eigenvalue weighted by Gasteiger charge is -2.24. The first-order valence-electron chi connectivity index (χ1n) is 7.09. The number of hydrogen-bond donors (Lipinski definition) is 1. The first-order valence-corrected chi connectivity index (χ1v) is 7.09. The van der Waals surface area contributed by atoms with Gasteiger partial charge in [0.05, 0.1) is 13.2 Å². The largest absolute Gasteiger partial charge is 0.384 e. The summed E-state index contributed by atoms with van der Waals surface area (Å²) >= 11 is 0. The third-order valence-corrected chi connectivity index (χ3v) is 3.67. The molecule has 0 saturated carbocycles. The Morgan fingerprint density at radius 2 is 2.43 bits per heavy atom. The van der Waals surface area contributed by atoms with Crippen molar-refractivity contribution >= 4 is 6.03 Å². The molecule has 1 saturated heterocycles. The lowest BCUT2D eigenvalue weighted by molar-refractivity contribution is 0.188. The molecule has 1 aromatic rings. The van der Waals surface area contributed by atoms with Crippen LogP contribution in [0, 0.1) is 0 Å². The molecule has 8 heteroatoms. The number of nitrogens with zero attached hydrogens (tertiary/aromatic N) is 4. The van der Waals surface area contributed by atoms with Crippen molar-refractivity contribution in [2.75, 3.05) is 40.9 Å². The zero-order chi connectivity index (χ0) is 15.2. The van der Waals surface area contributed by atoms with Crippen LogP contribution in [0.5, 0.6) is 0 Å². The molecule has 1 N–H and O–H groups in total. The molecule has 0 spiro atoms. The molecule has 2 rings (SSSR count). The predicted molar refractivity (Wildman–Crippen MR) is 75.8 cm³/mol. The van der Waals surface area contributed by atoms with Gasteiger partial charge in [-0.15, -0.1) is 0 Å². The fraction of sp³-hybridized carbons (Fsp3) is 0.769. The van der Waals surface area contributed by atoms with Gasteiger partial charge in [0.15, 0.2) is 5.82 Å². The van der Waals surface area contributed by atoms with Gasteiger partial charge in [-0.3, -0.25) is 0 Å². The van der Waals surface area contributed by atoms with E-state index in [9.17, 15) is 4.79 Å². The van der Waals surface area contributed by atoms with Crippen LogP contribution in [0.15, 0.2) is 4.52 Å². The highest BCUT2D eigenvalue weighted by Gasteiger charge is 2.26. The molecule has 118 valence electrons. The number of ether oxygens (including phenoxy) is 1. The Kier molecular flexibility index (Phi) is 5.51. The zero-order valence-corrected chi connectivity index (χ0v) is 12.8. The van der Waals surface area contributed by atoms with Crippen molar-refractivity contribution < 1.29 is 14.1 Å². The maximum atomic E-state index is 12.1. The molecule has 8 nitrogen and oxygen atoms in total. The normalized spacial score (nSPS) is 18.9. The highest BCUT2D eigenvalue weighted by atomic mass is 16.5. The third-order valence-electron chi connectivity index (χ3n) is 3.67. The van der Waals surface area contributed by atoms with E-state index in [0.29, 0.717) is 24.7 Å². The topological polar surface area (TPSA) is 83.7 Å². The van der Waals surface area contributed by atoms with Crippen molar-refractivity contribution in [3.63, 3.8) is 0 Å². The number of methoxy groups -OCH3 is 1. The Hall–Kier alpha value is -1.67. The summed E-state index contributed by atoms with van der Waals surface area (Å²) in [6.07, 6.45) is 1.60. The number of carbonyl (C=O) groups excluding carboxylic acids is 1. The number of urea groups is 1. The van der Waals surface area contributed by atoms with Crippen molar-refractivity contribution in [1.29, 1.82) is 0 Å². The molecule has 0 bridgehead atoms. The molecule has 0 unspecified atom stereocenters. The molecule has 1 atom stereocenters. The van der Waals surface area contributed by atoms with Crippen LogP contribution in [0.2, 0.25) is 0 Å². The van der Waals surface area contributed by atoms with Gasteiger partial charge in [0.1, 0.15) is 0 Å². The molecule has 1 aromatic heterocycles. The number of amides is 2. The molecule has 2 heterocycles. The number of likely N-dealkylation sites (N-methyl/N-ethyl adjacent to an activating group) is 2. The molecular weight excluding hydrogens is 274 g/mol. The highest BCUT2D eigenvalue weighted by molar-refractivity contribution is 5.74. The van der Waals surface area contributed by atoms with Gasteiger partial charge in [-0.2, -0.15) is 4.98 Å². The fourth-order valence-corrected chi connectivity index (χ4v) is 2.33. The van der Waals surface area contributed by atoms with Crippen molar-refractivity contribution in [3.05, 3.63) is 11.7 Å². The second-order valence-electron chi connectivity index (χ2n) is 5.32. The van der Waals surface area contributed by atoms with Crippen LogP contribution in [0.3, 0.4) is 0 Å². The summed E-state index contributed by atoms with van der Waals surface area (Å²) in [6.45, 7) is 2.72. The number of carbonyl (C=O) groups is 1. The maximum absolute atomic E-state index is 12.1. The van der Waals surface area contributed by atoms with Crippen LogP contribution in [0.25, 0.3) is 0 Å². The van der Waals surface area contributed by atoms with Gasteiger partial charge in [-0.05, 0) is 20.0 Å². The molecule has 0 radical (unpaired) electrons. The van der Waals surface area contributed by atoms with Crippen LogP contribution >= 0.6 is 0 Å². The van der Waals surface area contributed by atoms with Gasteiger partial charge < -0.3 is 24.4 Å². The van der Waals surface area contributed by atoms with Crippen LogP contribution < -0.4 is 5.32 Å². The van der Waals surface area contributed by atoms with Gasteiger partial charge in [0.25, 0.3) is 0 Å². The third kappa shape index (κ3) is 4.40. The van der Waals surface area contributed by atoms with Gasteiger partial charge in [-0.1, -0.05) is 5.16 Å². The van der Waals surface area contributed by atoms with Crippen LogP contribution in [-0.2, 0) is 17.7 Å². The van der Waals surface area contributed by atoms with Gasteiger partial charge in [-0.25, -0.2) is 4.79 Å². The maximum Gasteiger partial charge on any atom is 0.317 e. The summed E-state index contributed by atoms with van der Waals surface area (Å²) in [5.41, 5.74) is 0. The van der Waals surface area contributed by atoms with Gasteiger partial charge in [0.2, 0.25) is 5.89 Å². The Bertz CT molecular complexity index is 464. The Morgan fingerprint density at radius 1 is 1.62 bits per heavy atom. The lowest BCUT2D eigenvalue weighted by Crippen LogP contribution is -2.44. The lowest BCUT2D eigenvalue weighted by atomic mass is 10.2. The van der Waals surface area contributed by atoms with E-state index in [2.05, 4.69) is 27.4 Å².